The van der Waals surface area contributed by atoms with Gasteiger partial charge in [-0.25, -0.2) is 9.97 Å². The molecule has 1 aromatic carbocycles. The molecule has 1 aliphatic rings. The third kappa shape index (κ3) is 5.65. The van der Waals surface area contributed by atoms with Crippen LogP contribution in [-0.2, 0) is 4.79 Å². The highest BCUT2D eigenvalue weighted by Crippen LogP contribution is 2.39. The normalized spacial score (nSPS) is 19.3. The van der Waals surface area contributed by atoms with Crippen LogP contribution in [0.1, 0.15) is 81.3 Å². The first kappa shape index (κ1) is 23.1. The molecule has 0 spiro atoms. The summed E-state index contributed by atoms with van der Waals surface area (Å²) in [6.45, 7) is 7.01. The number of carbonyl (C=O) groups is 1. The number of aromatic nitrogens is 3. The number of hydrogen-bond donors (Lipinski definition) is 1. The zero-order valence-corrected chi connectivity index (χ0v) is 19.9. The number of rotatable bonds is 7. The second-order valence-corrected chi connectivity index (χ2v) is 9.51. The molecule has 1 N–H and O–H groups in total. The van der Waals surface area contributed by atoms with E-state index in [1.165, 1.54) is 5.69 Å². The molecule has 1 saturated carbocycles. The van der Waals surface area contributed by atoms with Gasteiger partial charge in [-0.15, -0.1) is 0 Å². The van der Waals surface area contributed by atoms with Gasteiger partial charge in [0.05, 0.1) is 11.6 Å². The lowest BCUT2D eigenvalue weighted by Gasteiger charge is -2.30. The summed E-state index contributed by atoms with van der Waals surface area (Å²) in [7, 11) is 0. The molecule has 2 aromatic heterocycles. The van der Waals surface area contributed by atoms with E-state index in [-0.39, 0.29) is 11.8 Å². The number of hydrogen-bond acceptors (Lipinski definition) is 4. The summed E-state index contributed by atoms with van der Waals surface area (Å²) in [4.78, 5) is 26.5. The summed E-state index contributed by atoms with van der Waals surface area (Å²) in [5.74, 6) is 2.13. The monoisotopic (exact) mass is 442 g/mol. The van der Waals surface area contributed by atoms with E-state index in [0.29, 0.717) is 17.8 Å². The van der Waals surface area contributed by atoms with Crippen molar-refractivity contribution in [3.05, 3.63) is 78.1 Å². The van der Waals surface area contributed by atoms with Gasteiger partial charge in [0.1, 0.15) is 5.82 Å². The first-order valence-corrected chi connectivity index (χ1v) is 12.1. The highest BCUT2D eigenvalue weighted by atomic mass is 16.1. The minimum absolute atomic E-state index is 0.112. The van der Waals surface area contributed by atoms with Crippen molar-refractivity contribution in [2.45, 2.75) is 64.2 Å². The molecule has 0 saturated heterocycles. The summed E-state index contributed by atoms with van der Waals surface area (Å²) < 4.78 is 0. The molecule has 0 radical (unpaired) electrons. The molecular formula is C28H34N4O. The predicted molar refractivity (Wildman–Crippen MR) is 132 cm³/mol. The Morgan fingerprint density at radius 1 is 1.00 bits per heavy atom. The molecule has 5 heteroatoms. The number of benzene rings is 1. The van der Waals surface area contributed by atoms with Crippen LogP contribution in [0.2, 0.25) is 0 Å². The second kappa shape index (κ2) is 10.7. The van der Waals surface area contributed by atoms with Gasteiger partial charge in [-0.1, -0.05) is 44.2 Å². The largest absolute Gasteiger partial charge is 0.355 e. The Morgan fingerprint density at radius 3 is 2.36 bits per heavy atom. The van der Waals surface area contributed by atoms with Crippen LogP contribution >= 0.6 is 0 Å². The Labute approximate surface area is 197 Å². The van der Waals surface area contributed by atoms with E-state index in [9.17, 15) is 4.79 Å². The van der Waals surface area contributed by atoms with Crippen LogP contribution in [0.3, 0.4) is 0 Å². The van der Waals surface area contributed by atoms with E-state index in [0.717, 1.165) is 54.7 Å². The van der Waals surface area contributed by atoms with Gasteiger partial charge in [-0.05, 0) is 61.8 Å². The topological polar surface area (TPSA) is 67.8 Å². The van der Waals surface area contributed by atoms with Gasteiger partial charge in [-0.3, -0.25) is 9.78 Å². The molecule has 0 bridgehead atoms. The Balaban J connectivity index is 1.39. The Morgan fingerprint density at radius 2 is 1.70 bits per heavy atom. The fraction of sp³-hybridized carbons (Fsp3) is 0.429. The van der Waals surface area contributed by atoms with Crippen LogP contribution in [0.5, 0.6) is 0 Å². The van der Waals surface area contributed by atoms with Crippen LogP contribution in [0.15, 0.2) is 61.1 Å². The lowest BCUT2D eigenvalue weighted by atomic mass is 9.79. The van der Waals surface area contributed by atoms with Gasteiger partial charge in [0.25, 0.3) is 0 Å². The van der Waals surface area contributed by atoms with E-state index < -0.39 is 0 Å². The third-order valence-electron chi connectivity index (χ3n) is 6.84. The first-order chi connectivity index (χ1) is 16.0. The molecule has 33 heavy (non-hydrogen) atoms. The van der Waals surface area contributed by atoms with Gasteiger partial charge in [0, 0.05) is 42.5 Å². The van der Waals surface area contributed by atoms with E-state index in [1.54, 1.807) is 0 Å². The lowest BCUT2D eigenvalue weighted by Crippen LogP contribution is -2.33. The standard InChI is InChI=1S/C28H34N4O/c1-19(2)27-30-18-25(23-13-15-29-16-14-23)26(32-27)24-11-9-21(10-12-24)17-31-28(33)20(3)22-7-5-4-6-8-22/h4-8,13-16,18-21,24H,9-12,17H2,1-3H3,(H,31,33)/t20-,21?,24?/m1/s1. The van der Waals surface area contributed by atoms with Crippen molar-refractivity contribution in [2.75, 3.05) is 6.54 Å². The second-order valence-electron chi connectivity index (χ2n) is 9.51. The molecule has 1 fully saturated rings. The van der Waals surface area contributed by atoms with Crippen molar-refractivity contribution in [1.29, 1.82) is 0 Å². The van der Waals surface area contributed by atoms with Crippen molar-refractivity contribution >= 4 is 5.91 Å². The summed E-state index contributed by atoms with van der Waals surface area (Å²) in [6, 6.07) is 14.1. The van der Waals surface area contributed by atoms with E-state index in [2.05, 4.69) is 29.1 Å². The summed E-state index contributed by atoms with van der Waals surface area (Å²) >= 11 is 0. The Hall–Kier alpha value is -3.08. The van der Waals surface area contributed by atoms with E-state index in [4.69, 9.17) is 4.98 Å². The molecule has 1 atom stereocenters. The lowest BCUT2D eigenvalue weighted by molar-refractivity contribution is -0.122. The maximum atomic E-state index is 12.6. The molecule has 3 aromatic rings. The van der Waals surface area contributed by atoms with Gasteiger partial charge < -0.3 is 5.32 Å². The van der Waals surface area contributed by atoms with Crippen molar-refractivity contribution in [3.63, 3.8) is 0 Å². The fourth-order valence-electron chi connectivity index (χ4n) is 4.68. The molecule has 5 nitrogen and oxygen atoms in total. The molecule has 4 rings (SSSR count). The van der Waals surface area contributed by atoms with Crippen molar-refractivity contribution in [2.24, 2.45) is 5.92 Å². The van der Waals surface area contributed by atoms with Gasteiger partial charge in [0.2, 0.25) is 5.91 Å². The van der Waals surface area contributed by atoms with E-state index in [1.807, 2.05) is 68.0 Å². The van der Waals surface area contributed by atoms with Crippen LogP contribution in [-0.4, -0.2) is 27.4 Å². The van der Waals surface area contributed by atoms with Crippen molar-refractivity contribution in [3.8, 4) is 11.1 Å². The van der Waals surface area contributed by atoms with Crippen molar-refractivity contribution < 1.29 is 4.79 Å². The van der Waals surface area contributed by atoms with Gasteiger partial charge in [0.15, 0.2) is 0 Å². The van der Waals surface area contributed by atoms with Crippen molar-refractivity contribution in [1.82, 2.24) is 20.3 Å². The smallest absolute Gasteiger partial charge is 0.227 e. The summed E-state index contributed by atoms with van der Waals surface area (Å²) in [6.07, 6.45) is 10.0. The molecule has 0 aliphatic heterocycles. The highest BCUT2D eigenvalue weighted by molar-refractivity contribution is 5.83. The highest BCUT2D eigenvalue weighted by Gasteiger charge is 2.27. The average molecular weight is 443 g/mol. The number of carbonyl (C=O) groups excluding carboxylic acids is 1. The Kier molecular flexibility index (Phi) is 7.48. The summed E-state index contributed by atoms with van der Waals surface area (Å²) in [5, 5.41) is 3.20. The van der Waals surface area contributed by atoms with Crippen LogP contribution in [0.4, 0.5) is 0 Å². The first-order valence-electron chi connectivity index (χ1n) is 12.1. The maximum Gasteiger partial charge on any atom is 0.227 e. The predicted octanol–water partition coefficient (Wildman–Crippen LogP) is 5.86. The van der Waals surface area contributed by atoms with Crippen LogP contribution < -0.4 is 5.32 Å². The quantitative estimate of drug-likeness (QED) is 0.498. The third-order valence-corrected chi connectivity index (χ3v) is 6.84. The zero-order valence-electron chi connectivity index (χ0n) is 19.9. The van der Waals surface area contributed by atoms with Crippen LogP contribution in [0.25, 0.3) is 11.1 Å². The Bertz CT molecular complexity index is 1040. The molecule has 172 valence electrons. The fourth-order valence-corrected chi connectivity index (χ4v) is 4.68. The SMILES string of the molecule is CC(C)c1ncc(-c2ccncc2)c(C2CCC(CNC(=O)[C@H](C)c3ccccc3)CC2)n1. The van der Waals surface area contributed by atoms with Crippen LogP contribution in [0, 0.1) is 5.92 Å². The zero-order chi connectivity index (χ0) is 23.2. The number of nitrogens with zero attached hydrogens (tertiary/aromatic N) is 3. The molecule has 1 aliphatic carbocycles. The van der Waals surface area contributed by atoms with E-state index >= 15 is 0 Å². The minimum Gasteiger partial charge on any atom is -0.355 e. The number of amides is 1. The number of nitrogens with one attached hydrogen (secondary N) is 1. The average Bonchev–Trinajstić information content (AvgIpc) is 2.87. The minimum atomic E-state index is -0.124. The van der Waals surface area contributed by atoms with Gasteiger partial charge in [-0.2, -0.15) is 0 Å². The summed E-state index contributed by atoms with van der Waals surface area (Å²) in [5.41, 5.74) is 4.47. The maximum absolute atomic E-state index is 12.6. The number of pyridine rings is 1. The molecule has 1 amide bonds. The molecular weight excluding hydrogens is 408 g/mol. The molecule has 2 heterocycles. The van der Waals surface area contributed by atoms with Gasteiger partial charge >= 0.3 is 0 Å². The molecule has 0 unspecified atom stereocenters.